The van der Waals surface area contributed by atoms with Gasteiger partial charge in [-0.2, -0.15) is 0 Å². The van der Waals surface area contributed by atoms with Gasteiger partial charge in [-0.05, 0) is 25.8 Å². The third-order valence-electron chi connectivity index (χ3n) is 5.24. The molecule has 0 aromatic heterocycles. The van der Waals surface area contributed by atoms with Crippen molar-refractivity contribution in [3.8, 4) is 0 Å². The van der Waals surface area contributed by atoms with Crippen LogP contribution in [0.4, 0.5) is 0 Å². The van der Waals surface area contributed by atoms with Crippen LogP contribution in [0.1, 0.15) is 124 Å². The summed E-state index contributed by atoms with van der Waals surface area (Å²) in [6.45, 7) is 1.16. The Balaban J connectivity index is -0.00000392. The van der Waals surface area contributed by atoms with Crippen LogP contribution >= 0.6 is 0 Å². The SMILES string of the molecule is [2H]CCCCCCCCCCCCCCCCCCN[C@@H](CCC(=O)[O-])C(=O)[O-].[Na+].[Na+]. The summed E-state index contributed by atoms with van der Waals surface area (Å²) in [6.07, 6.45) is 19.7. The molecular formula is C23H43NNa2O4. The van der Waals surface area contributed by atoms with Gasteiger partial charge in [-0.25, -0.2) is 0 Å². The van der Waals surface area contributed by atoms with E-state index in [4.69, 9.17) is 1.37 Å². The summed E-state index contributed by atoms with van der Waals surface area (Å²) in [6, 6.07) is -0.901. The van der Waals surface area contributed by atoms with E-state index in [0.717, 1.165) is 25.7 Å². The molecule has 0 aromatic rings. The Bertz CT molecular complexity index is 404. The maximum Gasteiger partial charge on any atom is 1.00 e. The van der Waals surface area contributed by atoms with Crippen LogP contribution in [0.25, 0.3) is 0 Å². The van der Waals surface area contributed by atoms with Gasteiger partial charge >= 0.3 is 59.1 Å². The van der Waals surface area contributed by atoms with Crippen LogP contribution in [0.2, 0.25) is 0 Å². The smallest absolute Gasteiger partial charge is 0.550 e. The molecule has 1 N–H and O–H groups in total. The number of carboxylic acids is 2. The normalized spacial score (nSPS) is 11.8. The van der Waals surface area contributed by atoms with Crippen molar-refractivity contribution < 1.29 is 80.3 Å². The Labute approximate surface area is 230 Å². The van der Waals surface area contributed by atoms with E-state index < -0.39 is 18.0 Å². The molecule has 0 rings (SSSR count). The van der Waals surface area contributed by atoms with E-state index in [2.05, 4.69) is 5.32 Å². The topological polar surface area (TPSA) is 92.3 Å². The van der Waals surface area contributed by atoms with Gasteiger partial charge in [0.15, 0.2) is 0 Å². The Morgan fingerprint density at radius 1 is 0.733 bits per heavy atom. The first-order chi connectivity index (χ1) is 14.1. The summed E-state index contributed by atoms with van der Waals surface area (Å²) in [7, 11) is 0. The zero-order valence-corrected chi connectivity index (χ0v) is 23.9. The summed E-state index contributed by atoms with van der Waals surface area (Å²) in [5.74, 6) is -2.48. The van der Waals surface area contributed by atoms with Crippen molar-refractivity contribution in [1.82, 2.24) is 5.32 Å². The summed E-state index contributed by atoms with van der Waals surface area (Å²) < 4.78 is 7.10. The molecule has 30 heavy (non-hydrogen) atoms. The van der Waals surface area contributed by atoms with Gasteiger partial charge in [-0.15, -0.1) is 0 Å². The molecule has 0 fully saturated rings. The largest absolute Gasteiger partial charge is 1.00 e. The number of rotatable bonds is 22. The monoisotopic (exact) mass is 444 g/mol. The summed E-state index contributed by atoms with van der Waals surface area (Å²) in [4.78, 5) is 21.3. The molecule has 0 aliphatic carbocycles. The van der Waals surface area contributed by atoms with Crippen molar-refractivity contribution in [3.63, 3.8) is 0 Å². The van der Waals surface area contributed by atoms with Gasteiger partial charge in [0.25, 0.3) is 0 Å². The van der Waals surface area contributed by atoms with Crippen LogP contribution in [0.15, 0.2) is 0 Å². The number of unbranched alkanes of at least 4 members (excludes halogenated alkanes) is 15. The van der Waals surface area contributed by atoms with Crippen LogP contribution in [0.3, 0.4) is 0 Å². The van der Waals surface area contributed by atoms with Gasteiger partial charge in [-0.1, -0.05) is 103 Å². The zero-order chi connectivity index (χ0) is 21.6. The molecule has 166 valence electrons. The number of aliphatic carboxylic acids is 2. The third-order valence-corrected chi connectivity index (χ3v) is 5.24. The number of carbonyl (C=O) groups excluding carboxylic acids is 2. The second-order valence-electron chi connectivity index (χ2n) is 7.89. The molecule has 5 nitrogen and oxygen atoms in total. The van der Waals surface area contributed by atoms with Crippen molar-refractivity contribution in [1.29, 1.82) is 0 Å². The average molecular weight is 445 g/mol. The molecular weight excluding hydrogens is 400 g/mol. The quantitative estimate of drug-likeness (QED) is 0.147. The Hall–Kier alpha value is 0.900. The van der Waals surface area contributed by atoms with Gasteiger partial charge in [0.1, 0.15) is 0 Å². The average Bonchev–Trinajstić information content (AvgIpc) is 2.68. The van der Waals surface area contributed by atoms with Gasteiger partial charge in [0.2, 0.25) is 0 Å². The van der Waals surface area contributed by atoms with E-state index >= 15 is 0 Å². The summed E-state index contributed by atoms with van der Waals surface area (Å²) >= 11 is 0. The fourth-order valence-electron chi connectivity index (χ4n) is 3.44. The number of hydrogen-bond acceptors (Lipinski definition) is 5. The van der Waals surface area contributed by atoms with Gasteiger partial charge in [0, 0.05) is 13.4 Å². The molecule has 0 unspecified atom stereocenters. The molecule has 0 aliphatic heterocycles. The van der Waals surface area contributed by atoms with Gasteiger partial charge in [0.05, 0.1) is 5.97 Å². The molecule has 7 heteroatoms. The first-order valence-electron chi connectivity index (χ1n) is 12.2. The van der Waals surface area contributed by atoms with E-state index in [9.17, 15) is 19.8 Å². The zero-order valence-electron chi connectivity index (χ0n) is 20.9. The molecule has 0 heterocycles. The van der Waals surface area contributed by atoms with Crippen molar-refractivity contribution in [2.75, 3.05) is 6.54 Å². The first kappa shape index (κ1) is 33.1. The van der Waals surface area contributed by atoms with E-state index in [-0.39, 0.29) is 72.0 Å². The molecule has 1 atom stereocenters. The molecule has 0 amide bonds. The fraction of sp³-hybridized carbons (Fsp3) is 0.913. The van der Waals surface area contributed by atoms with Crippen LogP contribution in [-0.2, 0) is 9.59 Å². The molecule has 0 saturated heterocycles. The standard InChI is InChI=1S/C23H45NO4.2Na/c1-2-3-4-5-6-7-8-9-10-11-12-13-14-15-16-17-20-24-21(23(27)28)18-19-22(25)26;;/h21,24H,2-20H2,1H3,(H,25,26)(H,27,28);;/q;2*+1/p-2/t21-;;/m0../s1/i1D;;. The van der Waals surface area contributed by atoms with Crippen LogP contribution in [-0.4, -0.2) is 24.5 Å². The van der Waals surface area contributed by atoms with Crippen molar-refractivity contribution >= 4 is 11.9 Å². The fourth-order valence-corrected chi connectivity index (χ4v) is 3.44. The predicted octanol–water partition coefficient (Wildman–Crippen LogP) is -2.51. The Kier molecular flexibility index (Phi) is 30.8. The van der Waals surface area contributed by atoms with E-state index in [1.54, 1.807) is 0 Å². The molecule has 0 aromatic carbocycles. The molecule has 0 aliphatic rings. The minimum absolute atomic E-state index is 0. The second-order valence-corrected chi connectivity index (χ2v) is 7.89. The number of carboxylic acid groups (broad SMARTS) is 2. The second kappa shape index (κ2) is 27.9. The maximum atomic E-state index is 10.9. The Morgan fingerprint density at radius 2 is 1.13 bits per heavy atom. The predicted molar refractivity (Wildman–Crippen MR) is 111 cm³/mol. The third kappa shape index (κ3) is 26.9. The maximum absolute atomic E-state index is 10.9. The number of nitrogens with one attached hydrogen (secondary N) is 1. The van der Waals surface area contributed by atoms with Crippen molar-refractivity contribution in [2.45, 2.75) is 129 Å². The van der Waals surface area contributed by atoms with Crippen LogP contribution < -0.4 is 74.6 Å². The number of carbonyl (C=O) groups is 2. The molecule has 0 radical (unpaired) electrons. The van der Waals surface area contributed by atoms with E-state index in [0.29, 0.717) is 13.4 Å². The van der Waals surface area contributed by atoms with Crippen LogP contribution in [0, 0.1) is 0 Å². The Morgan fingerprint density at radius 3 is 1.50 bits per heavy atom. The van der Waals surface area contributed by atoms with Crippen molar-refractivity contribution in [2.24, 2.45) is 0 Å². The van der Waals surface area contributed by atoms with Crippen molar-refractivity contribution in [3.05, 3.63) is 0 Å². The summed E-state index contributed by atoms with van der Waals surface area (Å²) in [5, 5.41) is 24.2. The minimum Gasteiger partial charge on any atom is -0.550 e. The molecule has 0 saturated carbocycles. The van der Waals surface area contributed by atoms with E-state index in [1.165, 1.54) is 77.0 Å². The van der Waals surface area contributed by atoms with Gasteiger partial charge in [-0.3, -0.25) is 0 Å². The molecule has 0 spiro atoms. The van der Waals surface area contributed by atoms with Crippen LogP contribution in [0.5, 0.6) is 0 Å². The minimum atomic E-state index is -1.24. The first-order valence-corrected chi connectivity index (χ1v) is 11.5. The van der Waals surface area contributed by atoms with Gasteiger partial charge < -0.3 is 25.1 Å². The van der Waals surface area contributed by atoms with E-state index in [1.807, 2.05) is 0 Å². The number of hydrogen-bond donors (Lipinski definition) is 1. The summed E-state index contributed by atoms with van der Waals surface area (Å²) in [5.41, 5.74) is 0. The molecule has 0 bridgehead atoms.